The molecular weight excluding hydrogens is 272 g/mol. The van der Waals surface area contributed by atoms with E-state index in [1.807, 2.05) is 0 Å². The van der Waals surface area contributed by atoms with Gasteiger partial charge in [-0.15, -0.1) is 0 Å². The highest BCUT2D eigenvalue weighted by Gasteiger charge is 2.20. The van der Waals surface area contributed by atoms with Crippen LogP contribution in [0.4, 0.5) is 14.5 Å². The lowest BCUT2D eigenvalue weighted by molar-refractivity contribution is 0.549. The molecule has 0 unspecified atom stereocenters. The molecule has 0 aliphatic rings. The molecule has 0 amide bonds. The van der Waals surface area contributed by atoms with Gasteiger partial charge in [-0.2, -0.15) is 0 Å². The number of benzene rings is 2. The lowest BCUT2D eigenvalue weighted by Gasteiger charge is -2.06. The molecule has 0 spiro atoms. The molecule has 0 aliphatic carbocycles. The average molecular weight is 283 g/mol. The van der Waals surface area contributed by atoms with Crippen molar-refractivity contribution in [1.29, 1.82) is 0 Å². The van der Waals surface area contributed by atoms with Crippen LogP contribution >= 0.6 is 0 Å². The SMILES string of the molecule is Nc1cccc(CS(=O)(=O)c2ccc(F)cc2F)c1. The lowest BCUT2D eigenvalue weighted by atomic mass is 10.2. The van der Waals surface area contributed by atoms with E-state index in [4.69, 9.17) is 5.73 Å². The topological polar surface area (TPSA) is 60.2 Å². The Balaban J connectivity index is 2.38. The van der Waals surface area contributed by atoms with E-state index in [1.165, 1.54) is 6.07 Å². The third-order valence-corrected chi connectivity index (χ3v) is 4.25. The van der Waals surface area contributed by atoms with Crippen molar-refractivity contribution in [2.75, 3.05) is 5.73 Å². The quantitative estimate of drug-likeness (QED) is 0.695. The smallest absolute Gasteiger partial charge is 0.185 e. The van der Waals surface area contributed by atoms with Gasteiger partial charge >= 0.3 is 0 Å². The lowest BCUT2D eigenvalue weighted by Crippen LogP contribution is -2.07. The van der Waals surface area contributed by atoms with Crippen molar-refractivity contribution < 1.29 is 17.2 Å². The van der Waals surface area contributed by atoms with E-state index in [2.05, 4.69) is 0 Å². The van der Waals surface area contributed by atoms with Crippen molar-refractivity contribution in [2.24, 2.45) is 0 Å². The van der Waals surface area contributed by atoms with Crippen LogP contribution in [0.5, 0.6) is 0 Å². The predicted molar refractivity (Wildman–Crippen MR) is 68.1 cm³/mol. The largest absolute Gasteiger partial charge is 0.399 e. The third-order valence-electron chi connectivity index (χ3n) is 2.54. The molecule has 6 heteroatoms. The molecule has 3 nitrogen and oxygen atoms in total. The molecule has 0 aliphatic heterocycles. The zero-order valence-electron chi connectivity index (χ0n) is 9.81. The first-order chi connectivity index (χ1) is 8.88. The minimum atomic E-state index is -3.87. The summed E-state index contributed by atoms with van der Waals surface area (Å²) >= 11 is 0. The van der Waals surface area contributed by atoms with Crippen molar-refractivity contribution in [3.63, 3.8) is 0 Å². The van der Waals surface area contributed by atoms with Crippen LogP contribution in [0.1, 0.15) is 5.56 Å². The highest BCUT2D eigenvalue weighted by molar-refractivity contribution is 7.90. The van der Waals surface area contributed by atoms with Gasteiger partial charge in [-0.25, -0.2) is 17.2 Å². The molecule has 0 radical (unpaired) electrons. The molecule has 0 aromatic heterocycles. The monoisotopic (exact) mass is 283 g/mol. The van der Waals surface area contributed by atoms with Gasteiger partial charge in [-0.3, -0.25) is 0 Å². The summed E-state index contributed by atoms with van der Waals surface area (Å²) in [5.74, 6) is -2.30. The van der Waals surface area contributed by atoms with Gasteiger partial charge in [0, 0.05) is 11.8 Å². The number of sulfone groups is 1. The predicted octanol–water partition coefficient (Wildman–Crippen LogP) is 2.52. The second kappa shape index (κ2) is 4.97. The molecule has 0 saturated carbocycles. The summed E-state index contributed by atoms with van der Waals surface area (Å²) in [6.07, 6.45) is 0. The number of rotatable bonds is 3. The maximum atomic E-state index is 13.5. The fourth-order valence-electron chi connectivity index (χ4n) is 1.71. The maximum Gasteiger partial charge on any atom is 0.185 e. The summed E-state index contributed by atoms with van der Waals surface area (Å²) in [7, 11) is -3.87. The molecule has 19 heavy (non-hydrogen) atoms. The van der Waals surface area contributed by atoms with Crippen LogP contribution < -0.4 is 5.73 Å². The van der Waals surface area contributed by atoms with E-state index in [0.29, 0.717) is 17.3 Å². The second-order valence-corrected chi connectivity index (χ2v) is 6.04. The molecule has 0 heterocycles. The molecular formula is C13H11F2NO2S. The van der Waals surface area contributed by atoms with Gasteiger partial charge in [0.05, 0.1) is 5.75 Å². The first kappa shape index (κ1) is 13.5. The molecule has 0 bridgehead atoms. The van der Waals surface area contributed by atoms with E-state index in [-0.39, 0.29) is 5.75 Å². The molecule has 2 rings (SSSR count). The Bertz CT molecular complexity index is 714. The average Bonchev–Trinajstić information content (AvgIpc) is 2.27. The van der Waals surface area contributed by atoms with Crippen molar-refractivity contribution in [3.8, 4) is 0 Å². The number of halogens is 2. The van der Waals surface area contributed by atoms with Gasteiger partial charge in [-0.1, -0.05) is 12.1 Å². The Morgan fingerprint density at radius 1 is 1.05 bits per heavy atom. The van der Waals surface area contributed by atoms with Crippen molar-refractivity contribution >= 4 is 15.5 Å². The van der Waals surface area contributed by atoms with E-state index in [0.717, 1.165) is 12.1 Å². The molecule has 2 N–H and O–H groups in total. The summed E-state index contributed by atoms with van der Waals surface area (Å²) in [6, 6.07) is 8.69. The normalized spacial score (nSPS) is 11.5. The van der Waals surface area contributed by atoms with Gasteiger partial charge < -0.3 is 5.73 Å². The Morgan fingerprint density at radius 3 is 2.42 bits per heavy atom. The van der Waals surface area contributed by atoms with Crippen molar-refractivity contribution in [2.45, 2.75) is 10.6 Å². The number of anilines is 1. The number of hydrogen-bond acceptors (Lipinski definition) is 3. The van der Waals surface area contributed by atoms with E-state index in [9.17, 15) is 17.2 Å². The van der Waals surface area contributed by atoms with Crippen LogP contribution in [-0.2, 0) is 15.6 Å². The highest BCUT2D eigenvalue weighted by Crippen LogP contribution is 2.21. The Labute approximate surface area is 109 Å². The molecule has 100 valence electrons. The fourth-order valence-corrected chi connectivity index (χ4v) is 3.11. The summed E-state index contributed by atoms with van der Waals surface area (Å²) in [5, 5.41) is 0. The molecule has 0 fully saturated rings. The minimum Gasteiger partial charge on any atom is -0.399 e. The Kier molecular flexibility index (Phi) is 3.53. The van der Waals surface area contributed by atoms with Crippen LogP contribution in [0.2, 0.25) is 0 Å². The van der Waals surface area contributed by atoms with Crippen molar-refractivity contribution in [3.05, 3.63) is 59.7 Å². The molecule has 2 aromatic carbocycles. The zero-order chi connectivity index (χ0) is 14.0. The van der Waals surface area contributed by atoms with Gasteiger partial charge in [0.1, 0.15) is 16.5 Å². The van der Waals surface area contributed by atoms with Crippen LogP contribution in [-0.4, -0.2) is 8.42 Å². The highest BCUT2D eigenvalue weighted by atomic mass is 32.2. The summed E-state index contributed by atoms with van der Waals surface area (Å²) in [6.45, 7) is 0. The van der Waals surface area contributed by atoms with Gasteiger partial charge in [0.25, 0.3) is 0 Å². The van der Waals surface area contributed by atoms with E-state index >= 15 is 0 Å². The second-order valence-electron chi connectivity index (χ2n) is 4.08. The van der Waals surface area contributed by atoms with Crippen LogP contribution in [0.3, 0.4) is 0 Å². The fraction of sp³-hybridized carbons (Fsp3) is 0.0769. The summed E-state index contributed by atoms with van der Waals surface area (Å²) in [5.41, 5.74) is 6.42. The first-order valence-corrected chi connectivity index (χ1v) is 7.06. The van der Waals surface area contributed by atoms with Crippen LogP contribution in [0.15, 0.2) is 47.4 Å². The molecule has 0 saturated heterocycles. The molecule has 0 atom stereocenters. The van der Waals surface area contributed by atoms with E-state index in [1.54, 1.807) is 18.2 Å². The third kappa shape index (κ3) is 3.08. The maximum absolute atomic E-state index is 13.5. The van der Waals surface area contributed by atoms with Crippen LogP contribution in [0, 0.1) is 11.6 Å². The van der Waals surface area contributed by atoms with Crippen LogP contribution in [0.25, 0.3) is 0 Å². The van der Waals surface area contributed by atoms with Gasteiger partial charge in [0.2, 0.25) is 0 Å². The molecule has 2 aromatic rings. The number of nitrogens with two attached hydrogens (primary N) is 1. The minimum absolute atomic E-state index is 0.388. The Hall–Kier alpha value is -1.95. The first-order valence-electron chi connectivity index (χ1n) is 5.41. The number of hydrogen-bond donors (Lipinski definition) is 1. The van der Waals surface area contributed by atoms with Crippen molar-refractivity contribution in [1.82, 2.24) is 0 Å². The summed E-state index contributed by atoms with van der Waals surface area (Å²) < 4.78 is 50.3. The van der Waals surface area contributed by atoms with Gasteiger partial charge in [0.15, 0.2) is 9.84 Å². The number of nitrogen functional groups attached to an aromatic ring is 1. The van der Waals surface area contributed by atoms with Gasteiger partial charge in [-0.05, 0) is 29.8 Å². The standard InChI is InChI=1S/C13H11F2NO2S/c14-10-4-5-13(12(15)7-10)19(17,18)8-9-2-1-3-11(16)6-9/h1-7H,8,16H2. The zero-order valence-corrected chi connectivity index (χ0v) is 10.6. The van der Waals surface area contributed by atoms with E-state index < -0.39 is 26.4 Å². The Morgan fingerprint density at radius 2 is 1.79 bits per heavy atom. The summed E-state index contributed by atoms with van der Waals surface area (Å²) in [4.78, 5) is -0.517.